The van der Waals surface area contributed by atoms with Crippen molar-refractivity contribution in [2.24, 2.45) is 5.92 Å². The molecule has 0 saturated heterocycles. The number of carboxylic acid groups (broad SMARTS) is 1. The topological polar surface area (TPSA) is 75.6 Å². The molecule has 1 amide bonds. The SMILES string of the molecule is CC(C)C(=O)N[C@H](CCO[Si](C)(C)C(C)(C)C)C(=O)O. The molecule has 0 spiro atoms. The largest absolute Gasteiger partial charge is 0.480 e. The molecular weight excluding hydrogens is 274 g/mol. The highest BCUT2D eigenvalue weighted by Gasteiger charge is 2.37. The van der Waals surface area contributed by atoms with Gasteiger partial charge in [0.1, 0.15) is 6.04 Å². The van der Waals surface area contributed by atoms with E-state index in [2.05, 4.69) is 39.2 Å². The molecule has 0 bridgehead atoms. The van der Waals surface area contributed by atoms with Crippen LogP contribution in [0.5, 0.6) is 0 Å². The Balaban J connectivity index is 4.44. The van der Waals surface area contributed by atoms with E-state index in [9.17, 15) is 9.59 Å². The van der Waals surface area contributed by atoms with Gasteiger partial charge in [0.15, 0.2) is 8.32 Å². The maximum Gasteiger partial charge on any atom is 0.326 e. The molecule has 0 fully saturated rings. The summed E-state index contributed by atoms with van der Waals surface area (Å²) in [4.78, 5) is 22.7. The van der Waals surface area contributed by atoms with Crippen molar-refractivity contribution in [1.29, 1.82) is 0 Å². The van der Waals surface area contributed by atoms with Gasteiger partial charge in [-0.15, -0.1) is 0 Å². The molecule has 118 valence electrons. The molecule has 0 aliphatic carbocycles. The molecule has 0 aliphatic heterocycles. The molecule has 0 radical (unpaired) electrons. The van der Waals surface area contributed by atoms with Gasteiger partial charge in [0, 0.05) is 18.9 Å². The standard InChI is InChI=1S/C14H29NO4Si/c1-10(2)12(16)15-11(13(17)18)8-9-19-20(6,7)14(3,4)5/h10-11H,8-9H2,1-7H3,(H,15,16)(H,17,18)/t11-/m1/s1. The second-order valence-electron chi connectivity index (χ2n) is 6.95. The van der Waals surface area contributed by atoms with Gasteiger partial charge in [0.25, 0.3) is 0 Å². The van der Waals surface area contributed by atoms with Gasteiger partial charge in [0.2, 0.25) is 5.91 Å². The lowest BCUT2D eigenvalue weighted by Crippen LogP contribution is -2.45. The molecule has 0 aliphatic rings. The highest BCUT2D eigenvalue weighted by atomic mass is 28.4. The maximum absolute atomic E-state index is 11.6. The lowest BCUT2D eigenvalue weighted by atomic mass is 10.1. The van der Waals surface area contributed by atoms with Crippen LogP contribution < -0.4 is 5.32 Å². The molecule has 6 heteroatoms. The van der Waals surface area contributed by atoms with Crippen LogP contribution in [0.15, 0.2) is 0 Å². The number of carboxylic acids is 1. The van der Waals surface area contributed by atoms with Crippen molar-refractivity contribution in [2.45, 2.75) is 65.2 Å². The fourth-order valence-electron chi connectivity index (χ4n) is 1.24. The predicted octanol–water partition coefficient (Wildman–Crippen LogP) is 2.62. The van der Waals surface area contributed by atoms with E-state index >= 15 is 0 Å². The summed E-state index contributed by atoms with van der Waals surface area (Å²) >= 11 is 0. The van der Waals surface area contributed by atoms with E-state index in [0.717, 1.165) is 0 Å². The number of amides is 1. The summed E-state index contributed by atoms with van der Waals surface area (Å²) in [7, 11) is -1.87. The smallest absolute Gasteiger partial charge is 0.326 e. The van der Waals surface area contributed by atoms with Crippen molar-refractivity contribution >= 4 is 20.2 Å². The molecular formula is C14H29NO4Si. The fourth-order valence-corrected chi connectivity index (χ4v) is 2.31. The Kier molecular flexibility index (Phi) is 6.90. The van der Waals surface area contributed by atoms with Crippen LogP contribution in [-0.4, -0.2) is 37.9 Å². The molecule has 1 atom stereocenters. The summed E-state index contributed by atoms with van der Waals surface area (Å²) in [5.41, 5.74) is 0. The lowest BCUT2D eigenvalue weighted by Gasteiger charge is -2.36. The van der Waals surface area contributed by atoms with Crippen LogP contribution >= 0.6 is 0 Å². The minimum atomic E-state index is -1.87. The molecule has 0 aromatic heterocycles. The third-order valence-electron chi connectivity index (χ3n) is 3.81. The Morgan fingerprint density at radius 3 is 2.10 bits per heavy atom. The Bertz CT molecular complexity index is 348. The minimum absolute atomic E-state index is 0.0902. The highest BCUT2D eigenvalue weighted by Crippen LogP contribution is 2.36. The summed E-state index contributed by atoms with van der Waals surface area (Å²) in [6.07, 6.45) is 0.292. The van der Waals surface area contributed by atoms with E-state index in [4.69, 9.17) is 9.53 Å². The number of hydrogen-bond acceptors (Lipinski definition) is 3. The van der Waals surface area contributed by atoms with Crippen molar-refractivity contribution in [3.63, 3.8) is 0 Å². The average molecular weight is 303 g/mol. The van der Waals surface area contributed by atoms with E-state index in [1.165, 1.54) is 0 Å². The quantitative estimate of drug-likeness (QED) is 0.709. The van der Waals surface area contributed by atoms with Gasteiger partial charge in [0.05, 0.1) is 0 Å². The first-order valence-corrected chi connectivity index (χ1v) is 9.96. The molecule has 0 unspecified atom stereocenters. The second kappa shape index (κ2) is 7.22. The highest BCUT2D eigenvalue weighted by molar-refractivity contribution is 6.74. The molecule has 0 rings (SSSR count). The zero-order chi connectivity index (χ0) is 16.1. The van der Waals surface area contributed by atoms with E-state index in [0.29, 0.717) is 13.0 Å². The molecule has 0 saturated carbocycles. The van der Waals surface area contributed by atoms with Crippen molar-refractivity contribution in [1.82, 2.24) is 5.32 Å². The summed E-state index contributed by atoms with van der Waals surface area (Å²) in [5, 5.41) is 11.8. The molecule has 2 N–H and O–H groups in total. The normalized spacial score (nSPS) is 14.2. The number of rotatable bonds is 7. The number of carbonyl (C=O) groups is 2. The van der Waals surface area contributed by atoms with Crippen LogP contribution in [0.1, 0.15) is 41.0 Å². The van der Waals surface area contributed by atoms with Gasteiger partial charge in [-0.1, -0.05) is 34.6 Å². The van der Waals surface area contributed by atoms with Gasteiger partial charge in [-0.05, 0) is 18.1 Å². The Morgan fingerprint density at radius 1 is 1.25 bits per heavy atom. The molecule has 0 heterocycles. The van der Waals surface area contributed by atoms with Crippen LogP contribution in [0.2, 0.25) is 18.1 Å². The fraction of sp³-hybridized carbons (Fsp3) is 0.857. The Labute approximate surface area is 123 Å². The van der Waals surface area contributed by atoms with Crippen LogP contribution in [0, 0.1) is 5.92 Å². The molecule has 20 heavy (non-hydrogen) atoms. The van der Waals surface area contributed by atoms with Gasteiger partial charge in [-0.2, -0.15) is 0 Å². The molecule has 0 aromatic carbocycles. The maximum atomic E-state index is 11.6. The van der Waals surface area contributed by atoms with Crippen molar-refractivity contribution in [3.8, 4) is 0 Å². The zero-order valence-corrected chi connectivity index (χ0v) is 14.7. The third kappa shape index (κ3) is 6.05. The average Bonchev–Trinajstić information content (AvgIpc) is 2.25. The molecule has 0 aromatic rings. The lowest BCUT2D eigenvalue weighted by molar-refractivity contribution is -0.142. The van der Waals surface area contributed by atoms with Crippen LogP contribution in [0.3, 0.4) is 0 Å². The predicted molar refractivity (Wildman–Crippen MR) is 82.2 cm³/mol. The number of hydrogen-bond donors (Lipinski definition) is 2. The summed E-state index contributed by atoms with van der Waals surface area (Å²) < 4.78 is 5.94. The van der Waals surface area contributed by atoms with Crippen LogP contribution in [0.4, 0.5) is 0 Å². The summed E-state index contributed by atoms with van der Waals surface area (Å²) in [5.74, 6) is -1.49. The first-order chi connectivity index (χ1) is 8.88. The van der Waals surface area contributed by atoms with E-state index in [-0.39, 0.29) is 16.9 Å². The summed E-state index contributed by atoms with van der Waals surface area (Å²) in [6, 6.07) is -0.880. The number of aliphatic carboxylic acids is 1. The van der Waals surface area contributed by atoms with E-state index in [1.807, 2.05) is 0 Å². The summed E-state index contributed by atoms with van der Waals surface area (Å²) in [6.45, 7) is 14.5. The van der Waals surface area contributed by atoms with E-state index < -0.39 is 20.3 Å². The van der Waals surface area contributed by atoms with Gasteiger partial charge < -0.3 is 14.8 Å². The monoisotopic (exact) mass is 303 g/mol. The van der Waals surface area contributed by atoms with Gasteiger partial charge in [-0.3, -0.25) is 4.79 Å². The van der Waals surface area contributed by atoms with Crippen LogP contribution in [-0.2, 0) is 14.0 Å². The zero-order valence-electron chi connectivity index (χ0n) is 13.7. The Hall–Kier alpha value is -0.883. The molecule has 5 nitrogen and oxygen atoms in total. The number of nitrogens with one attached hydrogen (secondary N) is 1. The van der Waals surface area contributed by atoms with E-state index in [1.54, 1.807) is 13.8 Å². The second-order valence-corrected chi connectivity index (χ2v) is 11.8. The number of carbonyl (C=O) groups excluding carboxylic acids is 1. The third-order valence-corrected chi connectivity index (χ3v) is 8.35. The first kappa shape index (κ1) is 19.1. The van der Waals surface area contributed by atoms with Gasteiger partial charge in [-0.25, -0.2) is 4.79 Å². The van der Waals surface area contributed by atoms with Crippen molar-refractivity contribution < 1.29 is 19.1 Å². The minimum Gasteiger partial charge on any atom is -0.480 e. The first-order valence-electron chi connectivity index (χ1n) is 7.05. The van der Waals surface area contributed by atoms with Crippen molar-refractivity contribution in [2.75, 3.05) is 6.61 Å². The van der Waals surface area contributed by atoms with Crippen molar-refractivity contribution in [3.05, 3.63) is 0 Å². The van der Waals surface area contributed by atoms with Gasteiger partial charge >= 0.3 is 5.97 Å². The Morgan fingerprint density at radius 2 is 1.75 bits per heavy atom. The van der Waals surface area contributed by atoms with Crippen LogP contribution in [0.25, 0.3) is 0 Å².